The SMILES string of the molecule is CN(CC([NH])=O)C(=O)c1ccccc1. The predicted molar refractivity (Wildman–Crippen MR) is 51.5 cm³/mol. The molecule has 14 heavy (non-hydrogen) atoms. The molecule has 0 saturated carbocycles. The van der Waals surface area contributed by atoms with Crippen molar-refractivity contribution in [2.75, 3.05) is 13.6 Å². The molecule has 2 amide bonds. The van der Waals surface area contributed by atoms with E-state index < -0.39 is 5.91 Å². The lowest BCUT2D eigenvalue weighted by Gasteiger charge is -2.14. The van der Waals surface area contributed by atoms with E-state index in [1.807, 2.05) is 6.07 Å². The van der Waals surface area contributed by atoms with Crippen LogP contribution in [-0.4, -0.2) is 30.3 Å². The van der Waals surface area contributed by atoms with Gasteiger partial charge in [-0.05, 0) is 12.1 Å². The van der Waals surface area contributed by atoms with Crippen molar-refractivity contribution in [1.82, 2.24) is 10.6 Å². The van der Waals surface area contributed by atoms with Gasteiger partial charge in [0.1, 0.15) is 6.54 Å². The first-order valence-corrected chi connectivity index (χ1v) is 4.16. The van der Waals surface area contributed by atoms with Crippen LogP contribution in [0.25, 0.3) is 0 Å². The van der Waals surface area contributed by atoms with Crippen molar-refractivity contribution in [3.63, 3.8) is 0 Å². The summed E-state index contributed by atoms with van der Waals surface area (Å²) < 4.78 is 0. The fourth-order valence-corrected chi connectivity index (χ4v) is 1.09. The largest absolute Gasteiger partial charge is 0.332 e. The average molecular weight is 191 g/mol. The Bertz CT molecular complexity index is 335. The standard InChI is InChI=1S/C10H11N2O2/c1-12(7-9(11)13)10(14)8-5-3-2-4-6-8/h2-6,11H,7H2,1H3. The number of carbonyl (C=O) groups is 2. The predicted octanol–water partition coefficient (Wildman–Crippen LogP) is 0.568. The minimum absolute atomic E-state index is 0.173. The number of hydrogen-bond acceptors (Lipinski definition) is 2. The van der Waals surface area contributed by atoms with E-state index in [-0.39, 0.29) is 12.5 Å². The molecule has 1 radical (unpaired) electrons. The molecule has 0 spiro atoms. The van der Waals surface area contributed by atoms with Gasteiger partial charge in [-0.25, -0.2) is 0 Å². The summed E-state index contributed by atoms with van der Waals surface area (Å²) in [7, 11) is 1.50. The molecule has 0 bridgehead atoms. The van der Waals surface area contributed by atoms with Crippen LogP contribution in [0.15, 0.2) is 30.3 Å². The summed E-state index contributed by atoms with van der Waals surface area (Å²) in [4.78, 5) is 23.3. The summed E-state index contributed by atoms with van der Waals surface area (Å²) in [6, 6.07) is 8.67. The second kappa shape index (κ2) is 4.41. The molecule has 1 aromatic carbocycles. The Morgan fingerprint density at radius 1 is 1.29 bits per heavy atom. The molecule has 1 aromatic rings. The number of nitrogens with zero attached hydrogens (tertiary/aromatic N) is 1. The molecule has 0 aliphatic carbocycles. The zero-order valence-corrected chi connectivity index (χ0v) is 7.86. The molecule has 0 atom stereocenters. The van der Waals surface area contributed by atoms with Crippen molar-refractivity contribution in [2.24, 2.45) is 0 Å². The highest BCUT2D eigenvalue weighted by Crippen LogP contribution is 2.02. The fraction of sp³-hybridized carbons (Fsp3) is 0.200. The van der Waals surface area contributed by atoms with Gasteiger partial charge >= 0.3 is 0 Å². The van der Waals surface area contributed by atoms with E-state index >= 15 is 0 Å². The zero-order valence-electron chi connectivity index (χ0n) is 7.86. The molecule has 4 nitrogen and oxygen atoms in total. The lowest BCUT2D eigenvalue weighted by Crippen LogP contribution is -2.32. The quantitative estimate of drug-likeness (QED) is 0.701. The summed E-state index contributed by atoms with van der Waals surface area (Å²) in [5, 5.41) is 0. The van der Waals surface area contributed by atoms with Crippen molar-refractivity contribution in [3.05, 3.63) is 35.9 Å². The van der Waals surface area contributed by atoms with Gasteiger partial charge in [0, 0.05) is 12.6 Å². The molecule has 0 aliphatic heterocycles. The highest BCUT2D eigenvalue weighted by molar-refractivity contribution is 5.95. The van der Waals surface area contributed by atoms with Crippen LogP contribution in [0.3, 0.4) is 0 Å². The van der Waals surface area contributed by atoms with Gasteiger partial charge in [0.2, 0.25) is 0 Å². The molecule has 0 aromatic heterocycles. The van der Waals surface area contributed by atoms with Gasteiger partial charge in [-0.2, -0.15) is 0 Å². The fourth-order valence-electron chi connectivity index (χ4n) is 1.09. The van der Waals surface area contributed by atoms with Crippen LogP contribution in [0.2, 0.25) is 0 Å². The molecule has 0 aliphatic rings. The maximum absolute atomic E-state index is 11.6. The third-order valence-electron chi connectivity index (χ3n) is 1.75. The molecular weight excluding hydrogens is 180 g/mol. The van der Waals surface area contributed by atoms with E-state index in [2.05, 4.69) is 0 Å². The first-order valence-electron chi connectivity index (χ1n) is 4.16. The van der Waals surface area contributed by atoms with E-state index in [0.29, 0.717) is 5.56 Å². The van der Waals surface area contributed by atoms with Crippen LogP contribution in [0.1, 0.15) is 10.4 Å². The Morgan fingerprint density at radius 3 is 2.36 bits per heavy atom. The van der Waals surface area contributed by atoms with Crippen LogP contribution in [0.5, 0.6) is 0 Å². The third kappa shape index (κ3) is 2.58. The normalized spacial score (nSPS) is 9.50. The minimum atomic E-state index is -0.767. The highest BCUT2D eigenvalue weighted by atomic mass is 16.2. The topological polar surface area (TPSA) is 61.2 Å². The molecule has 0 saturated heterocycles. The van der Waals surface area contributed by atoms with Crippen LogP contribution >= 0.6 is 0 Å². The Hall–Kier alpha value is -1.84. The van der Waals surface area contributed by atoms with E-state index in [4.69, 9.17) is 5.73 Å². The number of hydrogen-bond donors (Lipinski definition) is 0. The molecule has 0 fully saturated rings. The number of carbonyl (C=O) groups excluding carboxylic acids is 2. The minimum Gasteiger partial charge on any atom is -0.332 e. The second-order valence-corrected chi connectivity index (χ2v) is 2.95. The van der Waals surface area contributed by atoms with Gasteiger partial charge in [-0.3, -0.25) is 15.3 Å². The van der Waals surface area contributed by atoms with Gasteiger partial charge in [-0.15, -0.1) is 0 Å². The number of benzene rings is 1. The van der Waals surface area contributed by atoms with Crippen molar-refractivity contribution < 1.29 is 9.59 Å². The lowest BCUT2D eigenvalue weighted by molar-refractivity contribution is -0.119. The Kier molecular flexibility index (Phi) is 3.23. The van der Waals surface area contributed by atoms with Crippen LogP contribution in [0, 0.1) is 0 Å². The summed E-state index contributed by atoms with van der Waals surface area (Å²) in [5.74, 6) is -1.01. The number of nitrogens with one attached hydrogen (secondary N) is 1. The average Bonchev–Trinajstić information content (AvgIpc) is 2.17. The molecule has 0 heterocycles. The van der Waals surface area contributed by atoms with Crippen LogP contribution < -0.4 is 5.73 Å². The second-order valence-electron chi connectivity index (χ2n) is 2.95. The highest BCUT2D eigenvalue weighted by Gasteiger charge is 2.12. The molecule has 1 rings (SSSR count). The van der Waals surface area contributed by atoms with Gasteiger partial charge in [0.05, 0.1) is 0 Å². The summed E-state index contributed by atoms with van der Waals surface area (Å²) in [5.41, 5.74) is 7.26. The molecule has 4 heteroatoms. The number of rotatable bonds is 3. The monoisotopic (exact) mass is 191 g/mol. The Balaban J connectivity index is 2.71. The van der Waals surface area contributed by atoms with Gasteiger partial charge in [0.15, 0.2) is 0 Å². The lowest BCUT2D eigenvalue weighted by atomic mass is 10.2. The third-order valence-corrected chi connectivity index (χ3v) is 1.75. The summed E-state index contributed by atoms with van der Waals surface area (Å²) in [6.45, 7) is -0.173. The number of likely N-dealkylation sites (N-methyl/N-ethyl adjacent to an activating group) is 1. The van der Waals surface area contributed by atoms with E-state index in [1.54, 1.807) is 24.3 Å². The number of amides is 2. The Labute approximate surface area is 82.3 Å². The maximum atomic E-state index is 11.6. The van der Waals surface area contributed by atoms with E-state index in [1.165, 1.54) is 11.9 Å². The van der Waals surface area contributed by atoms with Crippen LogP contribution in [0.4, 0.5) is 0 Å². The van der Waals surface area contributed by atoms with Crippen molar-refractivity contribution in [1.29, 1.82) is 0 Å². The first-order chi connectivity index (χ1) is 6.61. The smallest absolute Gasteiger partial charge is 0.257 e. The van der Waals surface area contributed by atoms with Gasteiger partial charge in [0.25, 0.3) is 11.8 Å². The van der Waals surface area contributed by atoms with Crippen molar-refractivity contribution in [2.45, 2.75) is 0 Å². The molecular formula is C10H11N2O2. The molecule has 0 unspecified atom stereocenters. The van der Waals surface area contributed by atoms with Crippen molar-refractivity contribution in [3.8, 4) is 0 Å². The maximum Gasteiger partial charge on any atom is 0.257 e. The molecule has 1 N–H and O–H groups in total. The first kappa shape index (κ1) is 10.2. The Morgan fingerprint density at radius 2 is 1.86 bits per heavy atom. The van der Waals surface area contributed by atoms with Crippen LogP contribution in [-0.2, 0) is 4.79 Å². The van der Waals surface area contributed by atoms with Gasteiger partial charge in [-0.1, -0.05) is 18.2 Å². The van der Waals surface area contributed by atoms with Crippen molar-refractivity contribution >= 4 is 11.8 Å². The van der Waals surface area contributed by atoms with E-state index in [0.717, 1.165) is 0 Å². The summed E-state index contributed by atoms with van der Waals surface area (Å²) >= 11 is 0. The van der Waals surface area contributed by atoms with Gasteiger partial charge < -0.3 is 4.90 Å². The summed E-state index contributed by atoms with van der Waals surface area (Å²) in [6.07, 6.45) is 0. The van der Waals surface area contributed by atoms with E-state index in [9.17, 15) is 9.59 Å². The zero-order chi connectivity index (χ0) is 10.6. The molecule has 73 valence electrons.